The number of hydrogen-bond donors (Lipinski definition) is 1. The Morgan fingerprint density at radius 3 is 3.00 bits per heavy atom. The van der Waals surface area contributed by atoms with E-state index in [0.29, 0.717) is 6.04 Å². The van der Waals surface area contributed by atoms with E-state index in [1.54, 1.807) is 0 Å². The first-order valence-corrected chi connectivity index (χ1v) is 4.84. The smallest absolute Gasteiger partial charge is 0.0328 e. The van der Waals surface area contributed by atoms with Crippen LogP contribution in [0.25, 0.3) is 0 Å². The maximum Gasteiger partial charge on any atom is 0.0328 e. The normalized spacial score (nSPS) is 18.4. The van der Waals surface area contributed by atoms with Gasteiger partial charge in [-0.3, -0.25) is 0 Å². The Morgan fingerprint density at radius 1 is 1.43 bits per heavy atom. The van der Waals surface area contributed by atoms with Gasteiger partial charge in [-0.25, -0.2) is 0 Å². The molecule has 76 valence electrons. The minimum absolute atomic E-state index is 0. The van der Waals surface area contributed by atoms with Gasteiger partial charge < -0.3 is 5.32 Å². The summed E-state index contributed by atoms with van der Waals surface area (Å²) in [5.41, 5.74) is 2.98. The van der Waals surface area contributed by atoms with Gasteiger partial charge in [-0.1, -0.05) is 30.3 Å². The summed E-state index contributed by atoms with van der Waals surface area (Å²) < 4.78 is 0. The summed E-state index contributed by atoms with van der Waals surface area (Å²) in [5.74, 6) is 0. The maximum absolute atomic E-state index is 3.72. The molecule has 1 atom stereocenters. The summed E-state index contributed by atoms with van der Waals surface area (Å²) in [4.78, 5) is 0. The molecule has 2 rings (SSSR count). The highest BCUT2D eigenvalue weighted by molar-refractivity contribution is 5.85. The molecule has 0 fully saturated rings. The second-order valence-electron chi connectivity index (χ2n) is 3.49. The van der Waals surface area contributed by atoms with Crippen LogP contribution >= 0.6 is 12.4 Å². The van der Waals surface area contributed by atoms with Crippen molar-refractivity contribution in [2.24, 2.45) is 0 Å². The van der Waals surface area contributed by atoms with E-state index in [0.717, 1.165) is 6.54 Å². The lowest BCUT2D eigenvalue weighted by Gasteiger charge is -2.11. The van der Waals surface area contributed by atoms with Crippen molar-refractivity contribution in [3.8, 4) is 0 Å². The van der Waals surface area contributed by atoms with Crippen LogP contribution in [0.15, 0.2) is 36.9 Å². The highest BCUT2D eigenvalue weighted by Crippen LogP contribution is 2.30. The summed E-state index contributed by atoms with van der Waals surface area (Å²) >= 11 is 0. The van der Waals surface area contributed by atoms with E-state index >= 15 is 0 Å². The zero-order valence-electron chi connectivity index (χ0n) is 8.20. The molecular weight excluding hydrogens is 194 g/mol. The number of benzene rings is 1. The molecule has 1 unspecified atom stereocenters. The molecule has 14 heavy (non-hydrogen) atoms. The summed E-state index contributed by atoms with van der Waals surface area (Å²) in [6.45, 7) is 4.62. The van der Waals surface area contributed by atoms with E-state index in [9.17, 15) is 0 Å². The van der Waals surface area contributed by atoms with Gasteiger partial charge in [0.15, 0.2) is 0 Å². The molecule has 1 aromatic rings. The molecule has 1 aliphatic carbocycles. The van der Waals surface area contributed by atoms with Gasteiger partial charge in [0.2, 0.25) is 0 Å². The minimum Gasteiger partial charge on any atom is -0.306 e. The minimum atomic E-state index is 0. The first-order chi connectivity index (χ1) is 6.42. The number of nitrogens with one attached hydrogen (secondary N) is 1. The molecular formula is C12H16ClN. The molecule has 0 radical (unpaired) electrons. The van der Waals surface area contributed by atoms with E-state index in [2.05, 4.69) is 36.2 Å². The van der Waals surface area contributed by atoms with Crippen molar-refractivity contribution in [3.63, 3.8) is 0 Å². The van der Waals surface area contributed by atoms with E-state index in [1.165, 1.54) is 24.0 Å². The van der Waals surface area contributed by atoms with Crippen molar-refractivity contribution < 1.29 is 0 Å². The molecule has 0 spiro atoms. The third-order valence-corrected chi connectivity index (χ3v) is 2.64. The molecule has 0 aliphatic heterocycles. The van der Waals surface area contributed by atoms with Gasteiger partial charge >= 0.3 is 0 Å². The molecule has 1 aliphatic rings. The van der Waals surface area contributed by atoms with Crippen LogP contribution in [0, 0.1) is 0 Å². The molecule has 0 bridgehead atoms. The van der Waals surface area contributed by atoms with E-state index in [-0.39, 0.29) is 12.4 Å². The lowest BCUT2D eigenvalue weighted by molar-refractivity contribution is 0.564. The molecule has 1 aromatic carbocycles. The molecule has 1 N–H and O–H groups in total. The topological polar surface area (TPSA) is 12.0 Å². The lowest BCUT2D eigenvalue weighted by Crippen LogP contribution is -2.18. The lowest BCUT2D eigenvalue weighted by atomic mass is 10.1. The Labute approximate surface area is 91.6 Å². The maximum atomic E-state index is 3.72. The highest BCUT2D eigenvalue weighted by Gasteiger charge is 2.20. The first kappa shape index (κ1) is 11.3. The van der Waals surface area contributed by atoms with Crippen molar-refractivity contribution in [2.75, 3.05) is 6.54 Å². The summed E-state index contributed by atoms with van der Waals surface area (Å²) in [6.07, 6.45) is 4.36. The van der Waals surface area contributed by atoms with Gasteiger partial charge in [0.1, 0.15) is 0 Å². The van der Waals surface area contributed by atoms with E-state index in [4.69, 9.17) is 0 Å². The van der Waals surface area contributed by atoms with Crippen LogP contribution in [0.2, 0.25) is 0 Å². The van der Waals surface area contributed by atoms with Crippen molar-refractivity contribution in [1.29, 1.82) is 0 Å². The number of aryl methyl sites for hydroxylation is 1. The van der Waals surface area contributed by atoms with Crippen molar-refractivity contribution in [2.45, 2.75) is 18.9 Å². The largest absolute Gasteiger partial charge is 0.306 e. The summed E-state index contributed by atoms with van der Waals surface area (Å²) in [6, 6.07) is 9.24. The van der Waals surface area contributed by atoms with Crippen LogP contribution < -0.4 is 5.32 Å². The quantitative estimate of drug-likeness (QED) is 0.755. The van der Waals surface area contributed by atoms with Crippen molar-refractivity contribution in [3.05, 3.63) is 48.0 Å². The van der Waals surface area contributed by atoms with Gasteiger partial charge in [-0.2, -0.15) is 0 Å². The fourth-order valence-corrected chi connectivity index (χ4v) is 1.99. The number of rotatable bonds is 3. The van der Waals surface area contributed by atoms with E-state index < -0.39 is 0 Å². The fraction of sp³-hybridized carbons (Fsp3) is 0.333. The summed E-state index contributed by atoms with van der Waals surface area (Å²) in [7, 11) is 0. The molecule has 1 nitrogen and oxygen atoms in total. The third kappa shape index (κ3) is 2.17. The van der Waals surface area contributed by atoms with Gasteiger partial charge in [0.05, 0.1) is 0 Å². The highest BCUT2D eigenvalue weighted by atomic mass is 35.5. The average molecular weight is 210 g/mol. The molecule has 0 heterocycles. The Kier molecular flexibility index (Phi) is 4.18. The van der Waals surface area contributed by atoms with Crippen LogP contribution in [0.3, 0.4) is 0 Å². The molecule has 0 amide bonds. The monoisotopic (exact) mass is 209 g/mol. The molecule has 0 saturated heterocycles. The second-order valence-corrected chi connectivity index (χ2v) is 3.49. The van der Waals surface area contributed by atoms with Gasteiger partial charge in [-0.05, 0) is 24.0 Å². The van der Waals surface area contributed by atoms with Crippen LogP contribution in [-0.4, -0.2) is 6.54 Å². The zero-order valence-corrected chi connectivity index (χ0v) is 9.02. The van der Waals surface area contributed by atoms with Gasteiger partial charge in [-0.15, -0.1) is 19.0 Å². The Bertz CT molecular complexity index is 309. The Hall–Kier alpha value is -0.790. The SMILES string of the molecule is C=CCNC1CCc2ccccc21.Cl. The number of hydrogen-bond acceptors (Lipinski definition) is 1. The van der Waals surface area contributed by atoms with Crippen molar-refractivity contribution in [1.82, 2.24) is 5.32 Å². The third-order valence-electron chi connectivity index (χ3n) is 2.64. The van der Waals surface area contributed by atoms with E-state index in [1.807, 2.05) is 6.08 Å². The second kappa shape index (κ2) is 5.18. The average Bonchev–Trinajstić information content (AvgIpc) is 2.58. The molecule has 2 heteroatoms. The molecule has 0 saturated carbocycles. The first-order valence-electron chi connectivity index (χ1n) is 4.84. The van der Waals surface area contributed by atoms with Gasteiger partial charge in [0, 0.05) is 12.6 Å². The van der Waals surface area contributed by atoms with Crippen LogP contribution in [-0.2, 0) is 6.42 Å². The Balaban J connectivity index is 0.000000980. The predicted molar refractivity (Wildman–Crippen MR) is 63.0 cm³/mol. The van der Waals surface area contributed by atoms with Crippen molar-refractivity contribution >= 4 is 12.4 Å². The van der Waals surface area contributed by atoms with Gasteiger partial charge in [0.25, 0.3) is 0 Å². The predicted octanol–water partition coefficient (Wildman–Crippen LogP) is 2.87. The summed E-state index contributed by atoms with van der Waals surface area (Å²) in [5, 5.41) is 3.47. The van der Waals surface area contributed by atoms with Crippen LogP contribution in [0.5, 0.6) is 0 Å². The zero-order chi connectivity index (χ0) is 9.10. The fourth-order valence-electron chi connectivity index (χ4n) is 1.99. The van der Waals surface area contributed by atoms with Crippen LogP contribution in [0.4, 0.5) is 0 Å². The standard InChI is InChI=1S/C12H15N.ClH/c1-2-9-13-12-8-7-10-5-3-4-6-11(10)12;/h2-6,12-13H,1,7-9H2;1H. The molecule has 0 aromatic heterocycles. The number of halogens is 1. The Morgan fingerprint density at radius 2 is 2.21 bits per heavy atom. The van der Waals surface area contributed by atoms with Crippen LogP contribution in [0.1, 0.15) is 23.6 Å². The number of fused-ring (bicyclic) bond motifs is 1.